The summed E-state index contributed by atoms with van der Waals surface area (Å²) in [5.74, 6) is 0.142. The quantitative estimate of drug-likeness (QED) is 0.715. The van der Waals surface area contributed by atoms with Crippen LogP contribution in [0.4, 0.5) is 13.6 Å². The van der Waals surface area contributed by atoms with Gasteiger partial charge in [-0.15, -0.1) is 0 Å². The number of amides is 2. The molecule has 1 aliphatic rings. The first-order valence-electron chi connectivity index (χ1n) is 10.2. The topological polar surface area (TPSA) is 53.6 Å². The van der Waals surface area contributed by atoms with E-state index in [1.807, 2.05) is 31.2 Å². The molecule has 0 bridgehead atoms. The molecule has 162 valence electrons. The highest BCUT2D eigenvalue weighted by Gasteiger charge is 2.33. The van der Waals surface area contributed by atoms with Crippen LogP contribution in [-0.2, 0) is 6.54 Å². The summed E-state index contributed by atoms with van der Waals surface area (Å²) in [6, 6.07) is 12.9. The van der Waals surface area contributed by atoms with Crippen molar-refractivity contribution in [1.82, 2.24) is 15.5 Å². The largest absolute Gasteiger partial charge is 0.497 e. The third-order valence-electron chi connectivity index (χ3n) is 5.65. The highest BCUT2D eigenvalue weighted by atomic mass is 19.1. The van der Waals surface area contributed by atoms with Crippen molar-refractivity contribution in [3.05, 3.63) is 65.5 Å². The molecule has 0 aromatic heterocycles. The van der Waals surface area contributed by atoms with E-state index >= 15 is 0 Å². The number of hydrogen-bond donors (Lipinski definition) is 2. The van der Waals surface area contributed by atoms with E-state index in [9.17, 15) is 13.6 Å². The van der Waals surface area contributed by atoms with Crippen LogP contribution in [-0.4, -0.2) is 43.8 Å². The van der Waals surface area contributed by atoms with Gasteiger partial charge in [0.1, 0.15) is 11.6 Å². The van der Waals surface area contributed by atoms with Crippen molar-refractivity contribution in [1.29, 1.82) is 0 Å². The van der Waals surface area contributed by atoms with Crippen LogP contribution in [0.25, 0.3) is 0 Å². The van der Waals surface area contributed by atoms with Crippen molar-refractivity contribution in [2.75, 3.05) is 26.9 Å². The minimum absolute atomic E-state index is 0.232. The second-order valence-electron chi connectivity index (χ2n) is 7.67. The van der Waals surface area contributed by atoms with Crippen LogP contribution in [0, 0.1) is 11.7 Å². The summed E-state index contributed by atoms with van der Waals surface area (Å²) >= 11 is 0. The van der Waals surface area contributed by atoms with Gasteiger partial charge >= 0.3 is 6.03 Å². The first-order chi connectivity index (χ1) is 14.5. The molecule has 0 saturated carbocycles. The molecule has 2 aromatic rings. The first-order valence-corrected chi connectivity index (χ1v) is 10.2. The Hall–Kier alpha value is -2.67. The van der Waals surface area contributed by atoms with Gasteiger partial charge in [-0.3, -0.25) is 4.39 Å². The van der Waals surface area contributed by atoms with Gasteiger partial charge in [0.2, 0.25) is 0 Å². The summed E-state index contributed by atoms with van der Waals surface area (Å²) in [5.41, 5.74) is 1.75. The molecular formula is C23H29F2N3O2. The molecule has 2 amide bonds. The molecule has 2 N–H and O–H groups in total. The number of carbonyl (C=O) groups excluding carboxylic acids is 1. The van der Waals surface area contributed by atoms with Crippen LogP contribution in [0.2, 0.25) is 0 Å². The molecule has 1 aliphatic heterocycles. The molecular weight excluding hydrogens is 388 g/mol. The number of urea groups is 1. The number of nitrogens with one attached hydrogen (secondary N) is 2. The lowest BCUT2D eigenvalue weighted by Crippen LogP contribution is -2.54. The van der Waals surface area contributed by atoms with Crippen molar-refractivity contribution in [3.8, 4) is 5.75 Å². The number of hydrogen-bond acceptors (Lipinski definition) is 3. The molecule has 1 fully saturated rings. The van der Waals surface area contributed by atoms with Crippen molar-refractivity contribution in [2.45, 2.75) is 32.0 Å². The SMILES string of the molecule is COc1ccc([C@@H](C)NC(=O)N(Cc2ccc(F)cc2)[C@H]2CCNC[C@H]2CF)cc1. The number of nitrogens with zero attached hydrogens (tertiary/aromatic N) is 1. The summed E-state index contributed by atoms with van der Waals surface area (Å²) in [6.07, 6.45) is 0.667. The molecule has 3 rings (SSSR count). The molecule has 30 heavy (non-hydrogen) atoms. The van der Waals surface area contributed by atoms with Gasteiger partial charge in [0.25, 0.3) is 0 Å². The predicted octanol–water partition coefficient (Wildman–Crippen LogP) is 4.05. The van der Waals surface area contributed by atoms with E-state index in [1.165, 1.54) is 12.1 Å². The molecule has 7 heteroatoms. The minimum atomic E-state index is -0.501. The Balaban J connectivity index is 1.78. The smallest absolute Gasteiger partial charge is 0.318 e. The van der Waals surface area contributed by atoms with E-state index in [-0.39, 0.29) is 29.8 Å². The monoisotopic (exact) mass is 417 g/mol. The van der Waals surface area contributed by atoms with Gasteiger partial charge in [0, 0.05) is 25.0 Å². The van der Waals surface area contributed by atoms with Gasteiger partial charge in [-0.25, -0.2) is 9.18 Å². The van der Waals surface area contributed by atoms with Crippen molar-refractivity contribution in [3.63, 3.8) is 0 Å². The summed E-state index contributed by atoms with van der Waals surface area (Å²) in [7, 11) is 1.61. The lowest BCUT2D eigenvalue weighted by molar-refractivity contribution is 0.107. The number of rotatable bonds is 7. The molecule has 3 atom stereocenters. The van der Waals surface area contributed by atoms with Crippen LogP contribution in [0.5, 0.6) is 5.75 Å². The minimum Gasteiger partial charge on any atom is -0.497 e. The molecule has 5 nitrogen and oxygen atoms in total. The van der Waals surface area contributed by atoms with E-state index in [2.05, 4.69) is 10.6 Å². The number of ether oxygens (including phenoxy) is 1. The first kappa shape index (κ1) is 22.0. The second-order valence-corrected chi connectivity index (χ2v) is 7.67. The fourth-order valence-electron chi connectivity index (χ4n) is 3.85. The molecule has 0 aliphatic carbocycles. The van der Waals surface area contributed by atoms with Gasteiger partial charge in [0.15, 0.2) is 0 Å². The maximum atomic E-state index is 13.7. The van der Waals surface area contributed by atoms with E-state index in [0.717, 1.165) is 23.4 Å². The van der Waals surface area contributed by atoms with Crippen molar-refractivity contribution in [2.24, 2.45) is 5.92 Å². The number of alkyl halides is 1. The molecule has 1 heterocycles. The Morgan fingerprint density at radius 2 is 1.93 bits per heavy atom. The van der Waals surface area contributed by atoms with E-state index in [1.54, 1.807) is 24.1 Å². The van der Waals surface area contributed by atoms with Gasteiger partial charge in [-0.1, -0.05) is 24.3 Å². The van der Waals surface area contributed by atoms with Crippen LogP contribution in [0.1, 0.15) is 30.5 Å². The van der Waals surface area contributed by atoms with Crippen molar-refractivity contribution < 1.29 is 18.3 Å². The van der Waals surface area contributed by atoms with Gasteiger partial charge in [-0.2, -0.15) is 0 Å². The summed E-state index contributed by atoms with van der Waals surface area (Å²) < 4.78 is 32.2. The standard InChI is InChI=1S/C23H29F2N3O2/c1-16(18-5-9-21(30-2)10-6-18)27-23(29)28(15-17-3-7-20(25)8-4-17)22-11-12-26-14-19(22)13-24/h3-10,16,19,22,26H,11-15H2,1-2H3,(H,27,29)/t16-,19-,22+/m1/s1. The zero-order valence-corrected chi connectivity index (χ0v) is 17.4. The Morgan fingerprint density at radius 1 is 1.23 bits per heavy atom. The number of methoxy groups -OCH3 is 1. The maximum Gasteiger partial charge on any atom is 0.318 e. The predicted molar refractivity (Wildman–Crippen MR) is 113 cm³/mol. The van der Waals surface area contributed by atoms with Crippen molar-refractivity contribution >= 4 is 6.03 Å². The van der Waals surface area contributed by atoms with Gasteiger partial charge in [0.05, 0.1) is 19.8 Å². The fourth-order valence-corrected chi connectivity index (χ4v) is 3.85. The summed E-state index contributed by atoms with van der Waals surface area (Å²) in [4.78, 5) is 14.9. The second kappa shape index (κ2) is 10.4. The fraction of sp³-hybridized carbons (Fsp3) is 0.435. The maximum absolute atomic E-state index is 13.7. The molecule has 0 radical (unpaired) electrons. The van der Waals surface area contributed by atoms with E-state index in [4.69, 9.17) is 4.74 Å². The Bertz CT molecular complexity index is 814. The van der Waals surface area contributed by atoms with Crippen LogP contribution < -0.4 is 15.4 Å². The Morgan fingerprint density at radius 3 is 2.57 bits per heavy atom. The molecule has 1 saturated heterocycles. The highest BCUT2D eigenvalue weighted by molar-refractivity contribution is 5.75. The number of piperidine rings is 1. The average molecular weight is 418 g/mol. The molecule has 0 spiro atoms. The third-order valence-corrected chi connectivity index (χ3v) is 5.65. The van der Waals surface area contributed by atoms with Gasteiger partial charge < -0.3 is 20.3 Å². The summed E-state index contributed by atoms with van der Waals surface area (Å²) in [6.45, 7) is 2.96. The Labute approximate surface area is 176 Å². The lowest BCUT2D eigenvalue weighted by Gasteiger charge is -2.40. The van der Waals surface area contributed by atoms with Gasteiger partial charge in [-0.05, 0) is 55.3 Å². The van der Waals surface area contributed by atoms with E-state index in [0.29, 0.717) is 19.5 Å². The van der Waals surface area contributed by atoms with Crippen LogP contribution >= 0.6 is 0 Å². The normalized spacial score (nSPS) is 19.7. The molecule has 0 unspecified atom stereocenters. The zero-order chi connectivity index (χ0) is 21.5. The molecule has 2 aromatic carbocycles. The number of benzene rings is 2. The zero-order valence-electron chi connectivity index (χ0n) is 17.4. The lowest BCUT2D eigenvalue weighted by atomic mass is 9.92. The average Bonchev–Trinajstić information content (AvgIpc) is 2.78. The highest BCUT2D eigenvalue weighted by Crippen LogP contribution is 2.23. The number of halogens is 2. The van der Waals surface area contributed by atoms with Crippen LogP contribution in [0.15, 0.2) is 48.5 Å². The van der Waals surface area contributed by atoms with E-state index < -0.39 is 6.67 Å². The third kappa shape index (κ3) is 5.48. The Kier molecular flexibility index (Phi) is 7.63. The van der Waals surface area contributed by atoms with Crippen LogP contribution in [0.3, 0.4) is 0 Å². The number of carbonyl (C=O) groups is 1. The summed E-state index contributed by atoms with van der Waals surface area (Å²) in [5, 5.41) is 6.24.